The zero-order valence-electron chi connectivity index (χ0n) is 16.2. The number of anilines is 1. The molecule has 0 aliphatic rings. The van der Waals surface area contributed by atoms with E-state index < -0.39 is 28.8 Å². The maximum Gasteiger partial charge on any atom is 0.408 e. The summed E-state index contributed by atoms with van der Waals surface area (Å²) in [5.41, 5.74) is 3.88. The number of amides is 1. The number of carboxylic acids is 1. The number of nitrogens with one attached hydrogen (secondary N) is 1. The number of aliphatic carboxylic acids is 1. The minimum atomic E-state index is -1.87. The molecule has 0 aromatic heterocycles. The van der Waals surface area contributed by atoms with E-state index in [1.54, 1.807) is 24.3 Å². The van der Waals surface area contributed by atoms with Crippen molar-refractivity contribution in [2.75, 3.05) is 5.73 Å². The van der Waals surface area contributed by atoms with Gasteiger partial charge in [-0.05, 0) is 35.1 Å². The normalized spacial score (nSPS) is 13.4. The minimum absolute atomic E-state index is 0.0130. The molecule has 28 heavy (non-hydrogen) atoms. The number of nitrogen functional groups attached to an aromatic ring is 1. The number of ether oxygens (including phenoxy) is 1. The van der Waals surface area contributed by atoms with Gasteiger partial charge >= 0.3 is 12.1 Å². The van der Waals surface area contributed by atoms with Gasteiger partial charge in [0.1, 0.15) is 12.4 Å². The molecule has 0 saturated carbocycles. The summed E-state index contributed by atoms with van der Waals surface area (Å²) >= 11 is 0. The second-order valence-corrected chi connectivity index (χ2v) is 7.87. The molecule has 0 bridgehead atoms. The number of carbonyl (C=O) groups excluding carboxylic acids is 1. The van der Waals surface area contributed by atoms with Crippen LogP contribution in [0.5, 0.6) is 0 Å². The quantitative estimate of drug-likeness (QED) is 0.648. The third-order valence-electron chi connectivity index (χ3n) is 4.18. The molecule has 0 fully saturated rings. The molecule has 2 rings (SSSR count). The van der Waals surface area contributed by atoms with E-state index in [1.807, 2.05) is 26.8 Å². The monoisotopic (exact) mass is 388 g/mol. The Kier molecular flexibility index (Phi) is 6.28. The highest BCUT2D eigenvalue weighted by molar-refractivity contribution is 5.86. The highest BCUT2D eigenvalue weighted by Gasteiger charge is 2.45. The molecule has 0 spiro atoms. The molecule has 1 atom stereocenters. The Balaban J connectivity index is 2.34. The first-order chi connectivity index (χ1) is 13.0. The molecule has 6 nitrogen and oxygen atoms in total. The maximum atomic E-state index is 14.1. The number of hydrogen-bond donors (Lipinski definition) is 3. The fraction of sp³-hybridized carbons (Fsp3) is 0.333. The third kappa shape index (κ3) is 5.22. The van der Waals surface area contributed by atoms with Gasteiger partial charge in [-0.2, -0.15) is 0 Å². The van der Waals surface area contributed by atoms with Crippen LogP contribution in [-0.4, -0.2) is 17.2 Å². The first-order valence-corrected chi connectivity index (χ1v) is 8.81. The summed E-state index contributed by atoms with van der Waals surface area (Å²) in [5, 5.41) is 12.5. The number of carboxylic acid groups (broad SMARTS) is 1. The second-order valence-electron chi connectivity index (χ2n) is 7.87. The second kappa shape index (κ2) is 8.29. The van der Waals surface area contributed by atoms with E-state index in [0.29, 0.717) is 0 Å². The van der Waals surface area contributed by atoms with Crippen molar-refractivity contribution in [3.8, 4) is 0 Å². The third-order valence-corrected chi connectivity index (χ3v) is 4.18. The molecule has 150 valence electrons. The van der Waals surface area contributed by atoms with Crippen LogP contribution >= 0.6 is 0 Å². The SMILES string of the molecule is CC(C)(C)C[C@](NC(=O)OCc1ccccc1)(C(=O)O)c1ccc(N)c(F)c1. The standard InChI is InChI=1S/C21H25FN2O4/c1-20(2,3)13-21(18(25)26,15-9-10-17(23)16(22)11-15)24-19(27)28-12-14-7-5-4-6-8-14/h4-11H,12-13,23H2,1-3H3,(H,24,27)(H,25,26)/t21-/m1/s1. The van der Waals surface area contributed by atoms with Gasteiger partial charge in [-0.1, -0.05) is 57.2 Å². The molecule has 7 heteroatoms. The van der Waals surface area contributed by atoms with Crippen molar-refractivity contribution in [3.05, 3.63) is 65.5 Å². The van der Waals surface area contributed by atoms with E-state index in [1.165, 1.54) is 12.1 Å². The fourth-order valence-corrected chi connectivity index (χ4v) is 2.99. The number of hydrogen-bond acceptors (Lipinski definition) is 4. The van der Waals surface area contributed by atoms with Gasteiger partial charge in [0, 0.05) is 0 Å². The van der Waals surface area contributed by atoms with Crippen molar-refractivity contribution in [2.45, 2.75) is 39.3 Å². The van der Waals surface area contributed by atoms with Crippen molar-refractivity contribution >= 4 is 17.7 Å². The number of benzene rings is 2. The number of carbonyl (C=O) groups is 2. The minimum Gasteiger partial charge on any atom is -0.479 e. The van der Waals surface area contributed by atoms with E-state index in [-0.39, 0.29) is 24.3 Å². The first kappa shape index (κ1) is 21.2. The van der Waals surface area contributed by atoms with Crippen LogP contribution in [0.3, 0.4) is 0 Å². The van der Waals surface area contributed by atoms with Gasteiger partial charge in [-0.15, -0.1) is 0 Å². The van der Waals surface area contributed by atoms with Gasteiger partial charge in [-0.25, -0.2) is 14.0 Å². The smallest absolute Gasteiger partial charge is 0.408 e. The predicted octanol–water partition coefficient (Wildman–Crippen LogP) is 4.05. The Morgan fingerprint density at radius 3 is 2.32 bits per heavy atom. The molecular weight excluding hydrogens is 363 g/mol. The molecule has 2 aromatic carbocycles. The van der Waals surface area contributed by atoms with Gasteiger partial charge in [-0.3, -0.25) is 0 Å². The summed E-state index contributed by atoms with van der Waals surface area (Å²) in [5.74, 6) is -2.07. The van der Waals surface area contributed by atoms with Crippen LogP contribution in [0.1, 0.15) is 38.3 Å². The molecule has 2 aromatic rings. The van der Waals surface area contributed by atoms with Crippen LogP contribution in [-0.2, 0) is 21.7 Å². The molecule has 0 heterocycles. The van der Waals surface area contributed by atoms with E-state index in [0.717, 1.165) is 11.6 Å². The predicted molar refractivity (Wildman–Crippen MR) is 104 cm³/mol. The lowest BCUT2D eigenvalue weighted by Crippen LogP contribution is -2.54. The van der Waals surface area contributed by atoms with Gasteiger partial charge in [0.15, 0.2) is 5.54 Å². The molecule has 4 N–H and O–H groups in total. The van der Waals surface area contributed by atoms with Gasteiger partial charge in [0.25, 0.3) is 0 Å². The van der Waals surface area contributed by atoms with Gasteiger partial charge in [0.05, 0.1) is 5.69 Å². The Bertz CT molecular complexity index is 849. The lowest BCUT2D eigenvalue weighted by molar-refractivity contribution is -0.146. The topological polar surface area (TPSA) is 102 Å². The Morgan fingerprint density at radius 2 is 1.79 bits per heavy atom. The largest absolute Gasteiger partial charge is 0.479 e. The van der Waals surface area contributed by atoms with E-state index in [4.69, 9.17) is 10.5 Å². The van der Waals surface area contributed by atoms with Crippen LogP contribution in [0.25, 0.3) is 0 Å². The number of alkyl carbamates (subject to hydrolysis) is 1. The fourth-order valence-electron chi connectivity index (χ4n) is 2.99. The van der Waals surface area contributed by atoms with Crippen molar-refractivity contribution in [1.82, 2.24) is 5.32 Å². The number of nitrogens with two attached hydrogens (primary N) is 1. The lowest BCUT2D eigenvalue weighted by Gasteiger charge is -2.36. The zero-order valence-corrected chi connectivity index (χ0v) is 16.2. The Morgan fingerprint density at radius 1 is 1.14 bits per heavy atom. The first-order valence-electron chi connectivity index (χ1n) is 8.81. The van der Waals surface area contributed by atoms with Gasteiger partial charge in [0.2, 0.25) is 0 Å². The molecule has 0 unspecified atom stereocenters. The molecule has 0 aliphatic heterocycles. The number of halogens is 1. The van der Waals surface area contributed by atoms with Crippen molar-refractivity contribution in [3.63, 3.8) is 0 Å². The summed E-state index contributed by atoms with van der Waals surface area (Å²) in [6.07, 6.45) is -0.896. The molecule has 0 radical (unpaired) electrons. The van der Waals surface area contributed by atoms with Crippen LogP contribution < -0.4 is 11.1 Å². The lowest BCUT2D eigenvalue weighted by atomic mass is 9.75. The molecule has 0 aliphatic carbocycles. The summed E-state index contributed by atoms with van der Waals surface area (Å²) in [6.45, 7) is 5.47. The van der Waals surface area contributed by atoms with Crippen molar-refractivity contribution in [2.24, 2.45) is 5.41 Å². The average molecular weight is 388 g/mol. The molecule has 0 saturated heterocycles. The summed E-state index contributed by atoms with van der Waals surface area (Å²) in [6, 6.07) is 12.7. The molecule has 1 amide bonds. The Labute approximate surface area is 163 Å². The van der Waals surface area contributed by atoms with Crippen LogP contribution in [0, 0.1) is 11.2 Å². The average Bonchev–Trinajstić information content (AvgIpc) is 2.61. The zero-order chi connectivity index (χ0) is 20.9. The number of rotatable bonds is 6. The summed E-state index contributed by atoms with van der Waals surface area (Å²) < 4.78 is 19.2. The summed E-state index contributed by atoms with van der Waals surface area (Å²) in [4.78, 5) is 24.7. The van der Waals surface area contributed by atoms with E-state index >= 15 is 0 Å². The van der Waals surface area contributed by atoms with Crippen molar-refractivity contribution in [1.29, 1.82) is 0 Å². The van der Waals surface area contributed by atoms with E-state index in [9.17, 15) is 19.1 Å². The highest BCUT2D eigenvalue weighted by atomic mass is 19.1. The van der Waals surface area contributed by atoms with Crippen molar-refractivity contribution < 1.29 is 23.8 Å². The van der Waals surface area contributed by atoms with E-state index in [2.05, 4.69) is 5.32 Å². The van der Waals surface area contributed by atoms with Crippen LogP contribution in [0.4, 0.5) is 14.9 Å². The Hall–Kier alpha value is -3.09. The van der Waals surface area contributed by atoms with Gasteiger partial charge < -0.3 is 20.9 Å². The summed E-state index contributed by atoms with van der Waals surface area (Å²) in [7, 11) is 0. The maximum absolute atomic E-state index is 14.1. The van der Waals surface area contributed by atoms with Crippen LogP contribution in [0.2, 0.25) is 0 Å². The molecular formula is C21H25FN2O4. The van der Waals surface area contributed by atoms with Crippen LogP contribution in [0.15, 0.2) is 48.5 Å². The highest BCUT2D eigenvalue weighted by Crippen LogP contribution is 2.36.